The van der Waals surface area contributed by atoms with E-state index < -0.39 is 10.0 Å². The lowest BCUT2D eigenvalue weighted by Gasteiger charge is -2.30. The second kappa shape index (κ2) is 11.0. The molecule has 4 rings (SSSR count). The largest absolute Gasteiger partial charge is 0.495 e. The molecule has 8 nitrogen and oxygen atoms in total. The Hall–Kier alpha value is -2.88. The predicted octanol–water partition coefficient (Wildman–Crippen LogP) is 3.36. The first-order valence-corrected chi connectivity index (χ1v) is 13.0. The fourth-order valence-electron chi connectivity index (χ4n) is 4.26. The Balaban J connectivity index is 1.51. The number of anilines is 2. The molecule has 0 aromatic heterocycles. The number of piperidine rings is 1. The van der Waals surface area contributed by atoms with Crippen molar-refractivity contribution < 1.29 is 22.7 Å². The summed E-state index contributed by atoms with van der Waals surface area (Å²) in [5.74, 6) is -0.0126. The molecule has 0 unspecified atom stereocenters. The molecule has 182 valence electrons. The van der Waals surface area contributed by atoms with E-state index in [2.05, 4.69) is 10.2 Å². The van der Waals surface area contributed by atoms with Crippen LogP contribution in [0.4, 0.5) is 11.4 Å². The van der Waals surface area contributed by atoms with Gasteiger partial charge in [0.15, 0.2) is 0 Å². The Morgan fingerprint density at radius 1 is 1.03 bits per heavy atom. The third-order valence-corrected chi connectivity index (χ3v) is 7.98. The van der Waals surface area contributed by atoms with Gasteiger partial charge in [-0.2, -0.15) is 4.31 Å². The molecule has 0 spiro atoms. The summed E-state index contributed by atoms with van der Waals surface area (Å²) >= 11 is 0. The molecule has 2 aromatic rings. The third-order valence-electron chi connectivity index (χ3n) is 6.06. The summed E-state index contributed by atoms with van der Waals surface area (Å²) in [5, 5.41) is 2.96. The van der Waals surface area contributed by atoms with Crippen LogP contribution in [-0.4, -0.2) is 65.1 Å². The predicted molar refractivity (Wildman–Crippen MR) is 133 cm³/mol. The molecule has 0 saturated carbocycles. The summed E-state index contributed by atoms with van der Waals surface area (Å²) in [6.45, 7) is 3.28. The van der Waals surface area contributed by atoms with Gasteiger partial charge < -0.3 is 19.7 Å². The van der Waals surface area contributed by atoms with E-state index in [9.17, 15) is 13.2 Å². The summed E-state index contributed by atoms with van der Waals surface area (Å²) in [6.07, 6.45) is 6.56. The number of sulfonamides is 1. The molecule has 0 aliphatic carbocycles. The third kappa shape index (κ3) is 5.60. The molecule has 2 aromatic carbocycles. The summed E-state index contributed by atoms with van der Waals surface area (Å²) in [6, 6.07) is 12.7. The number of rotatable bonds is 7. The number of benzene rings is 2. The van der Waals surface area contributed by atoms with Crippen LogP contribution in [0.25, 0.3) is 6.08 Å². The molecule has 1 N–H and O–H groups in total. The Labute approximate surface area is 201 Å². The Kier molecular flexibility index (Phi) is 7.87. The lowest BCUT2D eigenvalue weighted by atomic mass is 10.1. The molecular weight excluding hydrogens is 454 g/mol. The minimum absolute atomic E-state index is 0.0786. The van der Waals surface area contributed by atoms with Gasteiger partial charge in [-0.15, -0.1) is 0 Å². The molecular formula is C25H31N3O5S. The molecule has 0 atom stereocenters. The summed E-state index contributed by atoms with van der Waals surface area (Å²) < 4.78 is 38.3. The summed E-state index contributed by atoms with van der Waals surface area (Å²) in [4.78, 5) is 15.1. The van der Waals surface area contributed by atoms with Crippen molar-refractivity contribution in [2.75, 3.05) is 56.7 Å². The average Bonchev–Trinajstić information content (AvgIpc) is 2.88. The van der Waals surface area contributed by atoms with Crippen LogP contribution in [0.1, 0.15) is 24.8 Å². The van der Waals surface area contributed by atoms with Gasteiger partial charge in [0.1, 0.15) is 10.6 Å². The van der Waals surface area contributed by atoms with Crippen molar-refractivity contribution in [1.82, 2.24) is 4.31 Å². The number of para-hydroxylation sites is 2. The standard InChI is InChI=1S/C25H31N3O5S/c1-32-23-11-9-20(19-24(23)34(30,31)28-15-17-33-18-16-28)10-12-25(29)26-21-7-3-4-8-22(21)27-13-5-2-6-14-27/h3-4,7-12,19H,2,5-6,13-18H2,1H3,(H,26,29)/b12-10+. The Bertz CT molecular complexity index is 1140. The van der Waals surface area contributed by atoms with Crippen molar-refractivity contribution in [1.29, 1.82) is 0 Å². The molecule has 2 aliphatic heterocycles. The number of hydrogen-bond acceptors (Lipinski definition) is 6. The van der Waals surface area contributed by atoms with E-state index in [4.69, 9.17) is 9.47 Å². The Morgan fingerprint density at radius 2 is 1.76 bits per heavy atom. The van der Waals surface area contributed by atoms with Gasteiger partial charge in [-0.25, -0.2) is 8.42 Å². The Morgan fingerprint density at radius 3 is 2.50 bits per heavy atom. The minimum Gasteiger partial charge on any atom is -0.495 e. The van der Waals surface area contributed by atoms with Gasteiger partial charge in [0.25, 0.3) is 0 Å². The van der Waals surface area contributed by atoms with Crippen molar-refractivity contribution >= 4 is 33.4 Å². The van der Waals surface area contributed by atoms with Crippen LogP contribution in [0.15, 0.2) is 53.4 Å². The van der Waals surface area contributed by atoms with Crippen LogP contribution < -0.4 is 15.0 Å². The highest BCUT2D eigenvalue weighted by atomic mass is 32.2. The fraction of sp³-hybridized carbons (Fsp3) is 0.400. The number of methoxy groups -OCH3 is 1. The van der Waals surface area contributed by atoms with E-state index in [-0.39, 0.29) is 16.6 Å². The van der Waals surface area contributed by atoms with Gasteiger partial charge >= 0.3 is 0 Å². The van der Waals surface area contributed by atoms with E-state index in [0.29, 0.717) is 31.9 Å². The lowest BCUT2D eigenvalue weighted by molar-refractivity contribution is -0.111. The summed E-state index contributed by atoms with van der Waals surface area (Å²) in [7, 11) is -2.30. The van der Waals surface area contributed by atoms with Crippen LogP contribution in [0, 0.1) is 0 Å². The van der Waals surface area contributed by atoms with E-state index in [0.717, 1.165) is 37.3 Å². The maximum absolute atomic E-state index is 13.2. The number of carbonyl (C=O) groups excluding carboxylic acids is 1. The van der Waals surface area contributed by atoms with Crippen molar-refractivity contribution in [3.63, 3.8) is 0 Å². The maximum Gasteiger partial charge on any atom is 0.248 e. The minimum atomic E-state index is -3.74. The fourth-order valence-corrected chi connectivity index (χ4v) is 5.86. The van der Waals surface area contributed by atoms with Crippen molar-refractivity contribution in [3.05, 3.63) is 54.1 Å². The first-order valence-electron chi connectivity index (χ1n) is 11.6. The van der Waals surface area contributed by atoms with Crippen LogP contribution >= 0.6 is 0 Å². The molecule has 2 saturated heterocycles. The van der Waals surface area contributed by atoms with Crippen molar-refractivity contribution in [3.8, 4) is 5.75 Å². The van der Waals surface area contributed by atoms with Crippen LogP contribution in [0.3, 0.4) is 0 Å². The SMILES string of the molecule is COc1ccc(/C=C/C(=O)Nc2ccccc2N2CCCCC2)cc1S(=O)(=O)N1CCOCC1. The van der Waals surface area contributed by atoms with E-state index in [1.165, 1.54) is 30.0 Å². The smallest absolute Gasteiger partial charge is 0.248 e. The van der Waals surface area contributed by atoms with Crippen LogP contribution in [0.2, 0.25) is 0 Å². The molecule has 34 heavy (non-hydrogen) atoms. The highest BCUT2D eigenvalue weighted by Gasteiger charge is 2.29. The number of ether oxygens (including phenoxy) is 2. The van der Waals surface area contributed by atoms with E-state index in [1.807, 2.05) is 24.3 Å². The van der Waals surface area contributed by atoms with E-state index >= 15 is 0 Å². The number of nitrogens with zero attached hydrogens (tertiary/aromatic N) is 2. The quantitative estimate of drug-likeness (QED) is 0.605. The molecule has 2 heterocycles. The highest BCUT2D eigenvalue weighted by molar-refractivity contribution is 7.89. The number of carbonyl (C=O) groups is 1. The molecule has 0 bridgehead atoms. The van der Waals surface area contributed by atoms with E-state index in [1.54, 1.807) is 18.2 Å². The van der Waals surface area contributed by atoms with Gasteiger partial charge in [0.05, 0.1) is 31.7 Å². The zero-order valence-electron chi connectivity index (χ0n) is 19.4. The van der Waals surface area contributed by atoms with Crippen LogP contribution in [-0.2, 0) is 19.6 Å². The topological polar surface area (TPSA) is 88.2 Å². The zero-order chi connectivity index (χ0) is 24.0. The van der Waals surface area contributed by atoms with Crippen LogP contribution in [0.5, 0.6) is 5.75 Å². The number of morpholine rings is 1. The maximum atomic E-state index is 13.2. The number of hydrogen-bond donors (Lipinski definition) is 1. The van der Waals surface area contributed by atoms with Crippen molar-refractivity contribution in [2.24, 2.45) is 0 Å². The molecule has 2 fully saturated rings. The normalized spacial score (nSPS) is 17.6. The summed E-state index contributed by atoms with van der Waals surface area (Å²) in [5.41, 5.74) is 2.38. The van der Waals surface area contributed by atoms with Gasteiger partial charge in [0, 0.05) is 32.3 Å². The zero-order valence-corrected chi connectivity index (χ0v) is 20.2. The number of nitrogens with one attached hydrogen (secondary N) is 1. The second-order valence-corrected chi connectivity index (χ2v) is 10.2. The molecule has 1 amide bonds. The van der Waals surface area contributed by atoms with Gasteiger partial charge in [-0.1, -0.05) is 18.2 Å². The average molecular weight is 486 g/mol. The second-order valence-electron chi connectivity index (χ2n) is 8.31. The molecule has 9 heteroatoms. The first-order chi connectivity index (χ1) is 16.5. The first kappa shape index (κ1) is 24.3. The molecule has 0 radical (unpaired) electrons. The lowest BCUT2D eigenvalue weighted by Crippen LogP contribution is -2.40. The monoisotopic (exact) mass is 485 g/mol. The van der Waals surface area contributed by atoms with Gasteiger partial charge in [-0.3, -0.25) is 4.79 Å². The van der Waals surface area contributed by atoms with Crippen molar-refractivity contribution in [2.45, 2.75) is 24.2 Å². The highest BCUT2D eigenvalue weighted by Crippen LogP contribution is 2.30. The van der Waals surface area contributed by atoms with Gasteiger partial charge in [0.2, 0.25) is 15.9 Å². The molecule has 2 aliphatic rings. The van der Waals surface area contributed by atoms with Gasteiger partial charge in [-0.05, 0) is 55.2 Å². The number of amides is 1.